The Morgan fingerprint density at radius 1 is 0.275 bits per heavy atom. The largest absolute Gasteiger partial charge is 0.310 e. The molecule has 14 aromatic rings. The number of hydrogen-bond donors (Lipinski definition) is 0. The number of thiophene rings is 2. The second kappa shape index (κ2) is 16.1. The third-order valence-electron chi connectivity index (χ3n) is 13.7. The van der Waals surface area contributed by atoms with E-state index in [2.05, 4.69) is 263 Å². The van der Waals surface area contributed by atoms with Crippen LogP contribution in [0.1, 0.15) is 0 Å². The average Bonchev–Trinajstić information content (AvgIpc) is 4.09. The van der Waals surface area contributed by atoms with Crippen LogP contribution < -0.4 is 9.80 Å². The number of fused-ring (bicyclic) bond motifs is 11. The monoisotopic (exact) mass is 915 g/mol. The zero-order valence-electron chi connectivity index (χ0n) is 37.3. The third kappa shape index (κ3) is 6.62. The minimum atomic E-state index is 1.06. The van der Waals surface area contributed by atoms with Gasteiger partial charge in [0.2, 0.25) is 0 Å². The van der Waals surface area contributed by atoms with Gasteiger partial charge in [0.25, 0.3) is 0 Å². The summed E-state index contributed by atoms with van der Waals surface area (Å²) in [4.78, 5) is 4.87. The zero-order chi connectivity index (χ0) is 45.4. The van der Waals surface area contributed by atoms with Gasteiger partial charge in [-0.1, -0.05) is 146 Å². The van der Waals surface area contributed by atoms with Crippen molar-refractivity contribution in [2.24, 2.45) is 0 Å². The number of rotatable bonds is 8. The number of hydrogen-bond acceptors (Lipinski definition) is 4. The lowest BCUT2D eigenvalue weighted by Gasteiger charge is -2.30. The van der Waals surface area contributed by atoms with Crippen LogP contribution >= 0.6 is 22.7 Å². The van der Waals surface area contributed by atoms with Crippen LogP contribution in [0.3, 0.4) is 0 Å². The Kier molecular flexibility index (Phi) is 9.26. The Bertz CT molecular complexity index is 4260. The van der Waals surface area contributed by atoms with Crippen LogP contribution in [0.2, 0.25) is 0 Å². The molecule has 3 aromatic heterocycles. The first-order valence-corrected chi connectivity index (χ1v) is 25.0. The fraction of sp³-hybridized carbons (Fsp3) is 0. The summed E-state index contributed by atoms with van der Waals surface area (Å²) in [5.74, 6) is 0. The second-order valence-corrected chi connectivity index (χ2v) is 19.9. The molecule has 0 aliphatic heterocycles. The van der Waals surface area contributed by atoms with Gasteiger partial charge in [-0.2, -0.15) is 0 Å². The van der Waals surface area contributed by atoms with Gasteiger partial charge in [-0.25, -0.2) is 0 Å². The molecule has 3 heterocycles. The summed E-state index contributed by atoms with van der Waals surface area (Å²) in [6.45, 7) is 0. The maximum absolute atomic E-state index is 2.47. The van der Waals surface area contributed by atoms with Crippen LogP contribution in [0.5, 0.6) is 0 Å². The number of nitrogens with zero attached hydrogens (tertiary/aromatic N) is 3. The lowest BCUT2D eigenvalue weighted by Crippen LogP contribution is -2.13. The van der Waals surface area contributed by atoms with E-state index >= 15 is 0 Å². The van der Waals surface area contributed by atoms with Crippen LogP contribution in [0.25, 0.3) is 89.7 Å². The lowest BCUT2D eigenvalue weighted by atomic mass is 10.00. The minimum Gasteiger partial charge on any atom is -0.310 e. The molecule has 0 saturated carbocycles. The summed E-state index contributed by atoms with van der Waals surface area (Å²) in [5.41, 5.74) is 12.3. The molecular weight excluding hydrogens is 875 g/mol. The van der Waals surface area contributed by atoms with Crippen LogP contribution in [-0.2, 0) is 0 Å². The number of aromatic nitrogens is 1. The molecule has 0 unspecified atom stereocenters. The summed E-state index contributed by atoms with van der Waals surface area (Å²) in [5, 5.41) is 10.1. The first-order chi connectivity index (χ1) is 34.2. The van der Waals surface area contributed by atoms with E-state index in [-0.39, 0.29) is 0 Å². The Morgan fingerprint density at radius 2 is 0.797 bits per heavy atom. The van der Waals surface area contributed by atoms with E-state index in [1.807, 2.05) is 22.7 Å². The molecule has 0 fully saturated rings. The normalized spacial score (nSPS) is 11.8. The first-order valence-electron chi connectivity index (χ1n) is 23.4. The van der Waals surface area contributed by atoms with Crippen molar-refractivity contribution in [1.82, 2.24) is 4.57 Å². The van der Waals surface area contributed by atoms with E-state index < -0.39 is 0 Å². The smallest absolute Gasteiger partial charge is 0.0619 e. The Hall–Kier alpha value is -8.48. The van der Waals surface area contributed by atoms with Gasteiger partial charge in [-0.05, 0) is 120 Å². The summed E-state index contributed by atoms with van der Waals surface area (Å²) in [6, 6.07) is 91.5. The highest BCUT2D eigenvalue weighted by molar-refractivity contribution is 7.26. The van der Waals surface area contributed by atoms with Crippen molar-refractivity contribution in [3.8, 4) is 16.8 Å². The number of para-hydroxylation sites is 3. The molecular formula is C64H41N3S2. The van der Waals surface area contributed by atoms with Gasteiger partial charge in [0.15, 0.2) is 0 Å². The summed E-state index contributed by atoms with van der Waals surface area (Å²) >= 11 is 3.71. The SMILES string of the molecule is c1ccc(N(c2cc(-c3ccc4c5ccc6ccccc6c5n(-c5ccccc5)c4c3)cc(N(c3ccccc3)c3ccc4sc5ccccc5c4c3)c2)c2ccc3c(c2)sc2ccccc23)cc1. The highest BCUT2D eigenvalue weighted by Crippen LogP contribution is 2.47. The predicted molar refractivity (Wildman–Crippen MR) is 299 cm³/mol. The summed E-state index contributed by atoms with van der Waals surface area (Å²) in [6.07, 6.45) is 0. The van der Waals surface area contributed by atoms with Crippen molar-refractivity contribution in [2.45, 2.75) is 0 Å². The Balaban J connectivity index is 1.05. The van der Waals surface area contributed by atoms with E-state index in [0.29, 0.717) is 0 Å². The van der Waals surface area contributed by atoms with Gasteiger partial charge < -0.3 is 14.4 Å². The van der Waals surface area contributed by atoms with E-state index in [4.69, 9.17) is 0 Å². The van der Waals surface area contributed by atoms with Gasteiger partial charge in [-0.3, -0.25) is 0 Å². The molecule has 5 heteroatoms. The topological polar surface area (TPSA) is 11.4 Å². The standard InChI is InChI=1S/C64H41N3S2/c1-4-17-45(18-5-1)65(48-31-35-62-58(40-48)55-25-13-15-27-61(55)68-62)50-36-44(37-51(39-50)66(46-19-6-2-7-20-46)49-30-34-56-54-24-12-14-26-60(54)69-63(56)41-49)43-29-32-53-57-33-28-42-16-10-11-23-52(42)64(57)67(59(53)38-43)47-21-8-3-9-22-47/h1-41H. The predicted octanol–water partition coefficient (Wildman–Crippen LogP) is 19.3. The van der Waals surface area contributed by atoms with Crippen molar-refractivity contribution < 1.29 is 0 Å². The van der Waals surface area contributed by atoms with Crippen molar-refractivity contribution in [1.29, 1.82) is 0 Å². The van der Waals surface area contributed by atoms with Gasteiger partial charge in [0.05, 0.1) is 11.0 Å². The number of anilines is 6. The van der Waals surface area contributed by atoms with Crippen LogP contribution in [0.4, 0.5) is 34.1 Å². The highest BCUT2D eigenvalue weighted by atomic mass is 32.1. The van der Waals surface area contributed by atoms with Crippen LogP contribution in [0.15, 0.2) is 249 Å². The fourth-order valence-electron chi connectivity index (χ4n) is 10.6. The van der Waals surface area contributed by atoms with Crippen LogP contribution in [-0.4, -0.2) is 4.57 Å². The third-order valence-corrected chi connectivity index (χ3v) is 16.0. The van der Waals surface area contributed by atoms with E-state index in [1.165, 1.54) is 72.9 Å². The maximum Gasteiger partial charge on any atom is 0.0619 e. The molecule has 14 rings (SSSR count). The molecule has 0 amide bonds. The van der Waals surface area contributed by atoms with E-state index in [0.717, 1.165) is 50.9 Å². The molecule has 324 valence electrons. The van der Waals surface area contributed by atoms with Crippen molar-refractivity contribution in [2.75, 3.05) is 9.80 Å². The highest BCUT2D eigenvalue weighted by Gasteiger charge is 2.22. The molecule has 0 aliphatic rings. The molecule has 0 aliphatic carbocycles. The zero-order valence-corrected chi connectivity index (χ0v) is 39.0. The van der Waals surface area contributed by atoms with Crippen LogP contribution in [0, 0.1) is 0 Å². The molecule has 0 bridgehead atoms. The fourth-order valence-corrected chi connectivity index (χ4v) is 12.8. The summed E-state index contributed by atoms with van der Waals surface area (Å²) in [7, 11) is 0. The van der Waals surface area contributed by atoms with Crippen molar-refractivity contribution >= 4 is 130 Å². The minimum absolute atomic E-state index is 1.06. The van der Waals surface area contributed by atoms with Crippen molar-refractivity contribution in [3.05, 3.63) is 249 Å². The first kappa shape index (κ1) is 39.7. The molecule has 0 atom stereocenters. The summed E-state index contributed by atoms with van der Waals surface area (Å²) < 4.78 is 7.61. The Morgan fingerprint density at radius 3 is 1.51 bits per heavy atom. The number of benzene rings is 11. The van der Waals surface area contributed by atoms with Gasteiger partial charge in [0.1, 0.15) is 0 Å². The van der Waals surface area contributed by atoms with E-state index in [9.17, 15) is 0 Å². The second-order valence-electron chi connectivity index (χ2n) is 17.7. The van der Waals surface area contributed by atoms with Crippen molar-refractivity contribution in [3.63, 3.8) is 0 Å². The molecule has 0 N–H and O–H groups in total. The molecule has 0 spiro atoms. The Labute approximate surface area is 407 Å². The molecule has 11 aromatic carbocycles. The van der Waals surface area contributed by atoms with Gasteiger partial charge in [-0.15, -0.1) is 22.7 Å². The van der Waals surface area contributed by atoms with Gasteiger partial charge >= 0.3 is 0 Å². The molecule has 0 radical (unpaired) electrons. The molecule has 0 saturated heterocycles. The maximum atomic E-state index is 2.47. The van der Waals surface area contributed by atoms with Gasteiger partial charge in [0, 0.05) is 96.3 Å². The average molecular weight is 916 g/mol. The molecule has 3 nitrogen and oxygen atoms in total. The lowest BCUT2D eigenvalue weighted by molar-refractivity contribution is 1.19. The molecule has 69 heavy (non-hydrogen) atoms. The quantitative estimate of drug-likeness (QED) is 0.150. The van der Waals surface area contributed by atoms with E-state index in [1.54, 1.807) is 0 Å².